The minimum atomic E-state index is -0.588. The molecule has 0 aliphatic carbocycles. The van der Waals surface area contributed by atoms with E-state index >= 15 is 0 Å². The van der Waals surface area contributed by atoms with Gasteiger partial charge < -0.3 is 15.4 Å². The standard InChI is InChI=1S/C9H18N2O3.C2H6/c1-5-10-8(12)7(6(2)3)11-9(13)14-4;1-2/h6-7H,5H2,1-4H3,(H,10,12)(H,11,13);1-2H3. The highest BCUT2D eigenvalue weighted by molar-refractivity contribution is 5.85. The van der Waals surface area contributed by atoms with Gasteiger partial charge in [0.05, 0.1) is 7.11 Å². The van der Waals surface area contributed by atoms with Crippen LogP contribution in [0.1, 0.15) is 34.6 Å². The van der Waals surface area contributed by atoms with Crippen LogP contribution < -0.4 is 10.6 Å². The third-order valence-corrected chi connectivity index (χ3v) is 1.76. The molecule has 0 fully saturated rings. The summed E-state index contributed by atoms with van der Waals surface area (Å²) in [4.78, 5) is 22.4. The van der Waals surface area contributed by atoms with E-state index in [-0.39, 0.29) is 11.8 Å². The number of amides is 2. The number of likely N-dealkylation sites (N-methyl/N-ethyl adjacent to an activating group) is 1. The molecule has 0 bridgehead atoms. The lowest BCUT2D eigenvalue weighted by atomic mass is 10.0. The van der Waals surface area contributed by atoms with Gasteiger partial charge in [0.1, 0.15) is 6.04 Å². The predicted octanol–water partition coefficient (Wildman–Crippen LogP) is 1.53. The van der Waals surface area contributed by atoms with Gasteiger partial charge in [-0.1, -0.05) is 27.7 Å². The maximum Gasteiger partial charge on any atom is 0.407 e. The molecule has 1 atom stereocenters. The smallest absolute Gasteiger partial charge is 0.407 e. The van der Waals surface area contributed by atoms with E-state index in [1.165, 1.54) is 7.11 Å². The first-order valence-corrected chi connectivity index (χ1v) is 5.65. The zero-order valence-corrected chi connectivity index (χ0v) is 11.1. The van der Waals surface area contributed by atoms with Crippen molar-refractivity contribution in [2.24, 2.45) is 5.92 Å². The summed E-state index contributed by atoms with van der Waals surface area (Å²) >= 11 is 0. The first-order valence-electron chi connectivity index (χ1n) is 5.65. The van der Waals surface area contributed by atoms with Crippen molar-refractivity contribution in [3.05, 3.63) is 0 Å². The lowest BCUT2D eigenvalue weighted by molar-refractivity contribution is -0.123. The van der Waals surface area contributed by atoms with Gasteiger partial charge in [0, 0.05) is 6.54 Å². The van der Waals surface area contributed by atoms with Crippen LogP contribution >= 0.6 is 0 Å². The molecule has 0 aromatic carbocycles. The number of rotatable bonds is 4. The molecule has 0 aromatic heterocycles. The number of hydrogen-bond acceptors (Lipinski definition) is 3. The summed E-state index contributed by atoms with van der Waals surface area (Å²) < 4.78 is 4.43. The Balaban J connectivity index is 0. The highest BCUT2D eigenvalue weighted by Gasteiger charge is 2.23. The maximum absolute atomic E-state index is 11.5. The largest absolute Gasteiger partial charge is 0.453 e. The fourth-order valence-corrected chi connectivity index (χ4v) is 1.01. The summed E-state index contributed by atoms with van der Waals surface area (Å²) in [5, 5.41) is 5.12. The minimum Gasteiger partial charge on any atom is -0.453 e. The van der Waals surface area contributed by atoms with Crippen molar-refractivity contribution in [3.63, 3.8) is 0 Å². The van der Waals surface area contributed by atoms with Crippen LogP contribution in [0.5, 0.6) is 0 Å². The number of nitrogens with one attached hydrogen (secondary N) is 2. The molecule has 0 spiro atoms. The summed E-state index contributed by atoms with van der Waals surface area (Å²) in [6.45, 7) is 10.1. The van der Waals surface area contributed by atoms with Gasteiger partial charge in [0.2, 0.25) is 5.91 Å². The monoisotopic (exact) mass is 232 g/mol. The Morgan fingerprint density at radius 1 is 1.25 bits per heavy atom. The molecule has 96 valence electrons. The van der Waals surface area contributed by atoms with Gasteiger partial charge in [-0.15, -0.1) is 0 Å². The van der Waals surface area contributed by atoms with Crippen LogP contribution in [0.4, 0.5) is 4.79 Å². The topological polar surface area (TPSA) is 67.4 Å². The number of carbonyl (C=O) groups is 2. The van der Waals surface area contributed by atoms with Crippen molar-refractivity contribution in [1.29, 1.82) is 0 Å². The van der Waals surface area contributed by atoms with E-state index in [4.69, 9.17) is 0 Å². The number of ether oxygens (including phenoxy) is 1. The van der Waals surface area contributed by atoms with Crippen LogP contribution in [0, 0.1) is 5.92 Å². The van der Waals surface area contributed by atoms with Crippen molar-refractivity contribution < 1.29 is 14.3 Å². The SMILES string of the molecule is CC.CCNC(=O)C(NC(=O)OC)C(C)C. The van der Waals surface area contributed by atoms with Crippen LogP contribution in [-0.2, 0) is 9.53 Å². The first kappa shape index (κ1) is 17.1. The fourth-order valence-electron chi connectivity index (χ4n) is 1.01. The van der Waals surface area contributed by atoms with E-state index in [0.29, 0.717) is 6.54 Å². The quantitative estimate of drug-likeness (QED) is 0.772. The summed E-state index contributed by atoms with van der Waals surface area (Å²) in [7, 11) is 1.27. The summed E-state index contributed by atoms with van der Waals surface area (Å²) in [5.74, 6) is -0.159. The highest BCUT2D eigenvalue weighted by Crippen LogP contribution is 2.01. The normalized spacial score (nSPS) is 10.9. The third kappa shape index (κ3) is 7.09. The summed E-state index contributed by atoms with van der Waals surface area (Å²) in [5.41, 5.74) is 0. The molecule has 2 N–H and O–H groups in total. The molecule has 0 heterocycles. The predicted molar refractivity (Wildman–Crippen MR) is 64.2 cm³/mol. The van der Waals surface area contributed by atoms with Crippen LogP contribution in [0.2, 0.25) is 0 Å². The van der Waals surface area contributed by atoms with Gasteiger partial charge >= 0.3 is 6.09 Å². The van der Waals surface area contributed by atoms with Gasteiger partial charge in [-0.2, -0.15) is 0 Å². The molecule has 0 aliphatic rings. The molecule has 0 aromatic rings. The average molecular weight is 232 g/mol. The van der Waals surface area contributed by atoms with Crippen molar-refractivity contribution in [2.75, 3.05) is 13.7 Å². The van der Waals surface area contributed by atoms with Crippen molar-refractivity contribution in [3.8, 4) is 0 Å². The van der Waals surface area contributed by atoms with E-state index in [2.05, 4.69) is 15.4 Å². The minimum absolute atomic E-state index is 0.0284. The zero-order chi connectivity index (χ0) is 13.1. The van der Waals surface area contributed by atoms with Crippen molar-refractivity contribution >= 4 is 12.0 Å². The molecule has 0 rings (SSSR count). The number of methoxy groups -OCH3 is 1. The molecule has 2 amide bonds. The average Bonchev–Trinajstić information content (AvgIpc) is 2.28. The molecule has 0 aliphatic heterocycles. The summed E-state index contributed by atoms with van der Waals surface area (Å²) in [6.07, 6.45) is -0.588. The Hall–Kier alpha value is -1.26. The van der Waals surface area contributed by atoms with Gasteiger partial charge in [0.15, 0.2) is 0 Å². The molecule has 1 unspecified atom stereocenters. The molecule has 0 saturated carbocycles. The van der Waals surface area contributed by atoms with Crippen molar-refractivity contribution in [2.45, 2.75) is 40.7 Å². The van der Waals surface area contributed by atoms with E-state index in [0.717, 1.165) is 0 Å². The van der Waals surface area contributed by atoms with Crippen LogP contribution in [0.3, 0.4) is 0 Å². The summed E-state index contributed by atoms with van der Waals surface area (Å²) in [6, 6.07) is -0.539. The van der Waals surface area contributed by atoms with Gasteiger partial charge in [-0.05, 0) is 12.8 Å². The van der Waals surface area contributed by atoms with Gasteiger partial charge in [0.25, 0.3) is 0 Å². The van der Waals surface area contributed by atoms with Crippen LogP contribution in [0.15, 0.2) is 0 Å². The van der Waals surface area contributed by atoms with Crippen LogP contribution in [0.25, 0.3) is 0 Å². The molecule has 5 nitrogen and oxygen atoms in total. The van der Waals surface area contributed by atoms with Gasteiger partial charge in [-0.3, -0.25) is 4.79 Å². The van der Waals surface area contributed by atoms with Gasteiger partial charge in [-0.25, -0.2) is 4.79 Å². The Morgan fingerprint density at radius 2 is 1.75 bits per heavy atom. The number of carbonyl (C=O) groups excluding carboxylic acids is 2. The Bertz CT molecular complexity index is 205. The number of hydrogen-bond donors (Lipinski definition) is 2. The molecule has 0 radical (unpaired) electrons. The molecule has 0 saturated heterocycles. The van der Waals surface area contributed by atoms with E-state index in [1.807, 2.05) is 34.6 Å². The number of alkyl carbamates (subject to hydrolysis) is 1. The first-order chi connectivity index (χ1) is 7.52. The Labute approximate surface area is 97.9 Å². The lowest BCUT2D eigenvalue weighted by Crippen LogP contribution is -2.49. The fraction of sp³-hybridized carbons (Fsp3) is 0.818. The van der Waals surface area contributed by atoms with E-state index in [9.17, 15) is 9.59 Å². The Morgan fingerprint density at radius 3 is 2.06 bits per heavy atom. The molecule has 16 heavy (non-hydrogen) atoms. The second-order valence-electron chi connectivity index (χ2n) is 3.25. The third-order valence-electron chi connectivity index (χ3n) is 1.76. The lowest BCUT2D eigenvalue weighted by Gasteiger charge is -2.20. The second-order valence-corrected chi connectivity index (χ2v) is 3.25. The highest BCUT2D eigenvalue weighted by atomic mass is 16.5. The van der Waals surface area contributed by atoms with Crippen molar-refractivity contribution in [1.82, 2.24) is 10.6 Å². The zero-order valence-electron chi connectivity index (χ0n) is 11.1. The van der Waals surface area contributed by atoms with Crippen LogP contribution in [-0.4, -0.2) is 31.7 Å². The molecular weight excluding hydrogens is 208 g/mol. The molecular formula is C11H24N2O3. The van der Waals surface area contributed by atoms with E-state index < -0.39 is 12.1 Å². The maximum atomic E-state index is 11.5. The van der Waals surface area contributed by atoms with E-state index in [1.54, 1.807) is 0 Å². The Kier molecular flexibility index (Phi) is 11.0. The molecule has 5 heteroatoms. The second kappa shape index (κ2) is 10.3.